The summed E-state index contributed by atoms with van der Waals surface area (Å²) in [7, 11) is -0.893. The number of amides is 1. The summed E-state index contributed by atoms with van der Waals surface area (Å²) in [5.41, 5.74) is 0.726. The molecule has 0 aromatic heterocycles. The minimum Gasteiger partial charge on any atom is -0.280 e. The molecule has 0 bridgehead atoms. The Hall–Kier alpha value is -1.42. The molecule has 2 aromatic rings. The van der Waals surface area contributed by atoms with Gasteiger partial charge in [0, 0.05) is 27.2 Å². The SMILES string of the molecule is CON(C)C(=O)c1ccc(NS(=O)(=O)c2cc(Br)ccc2Br)cc1. The van der Waals surface area contributed by atoms with Crippen molar-refractivity contribution in [3.8, 4) is 0 Å². The lowest BCUT2D eigenvalue weighted by Crippen LogP contribution is -2.25. The summed E-state index contributed by atoms with van der Waals surface area (Å²) in [4.78, 5) is 16.9. The lowest BCUT2D eigenvalue weighted by molar-refractivity contribution is -0.0756. The highest BCUT2D eigenvalue weighted by Gasteiger charge is 2.19. The fraction of sp³-hybridized carbons (Fsp3) is 0.133. The minimum atomic E-state index is -3.77. The number of hydrogen-bond acceptors (Lipinski definition) is 4. The first-order valence-corrected chi connectivity index (χ1v) is 9.71. The van der Waals surface area contributed by atoms with Gasteiger partial charge in [-0.3, -0.25) is 14.4 Å². The zero-order valence-electron chi connectivity index (χ0n) is 12.8. The number of hydroxylamine groups is 2. The van der Waals surface area contributed by atoms with Gasteiger partial charge in [0.25, 0.3) is 15.9 Å². The Morgan fingerprint density at radius 3 is 2.33 bits per heavy atom. The van der Waals surface area contributed by atoms with Crippen LogP contribution in [0, 0.1) is 0 Å². The van der Waals surface area contributed by atoms with Crippen molar-refractivity contribution >= 4 is 53.5 Å². The molecule has 1 amide bonds. The van der Waals surface area contributed by atoms with E-state index in [-0.39, 0.29) is 10.8 Å². The quantitative estimate of drug-likeness (QED) is 0.667. The van der Waals surface area contributed by atoms with Crippen LogP contribution in [0.15, 0.2) is 56.3 Å². The summed E-state index contributed by atoms with van der Waals surface area (Å²) in [6, 6.07) is 10.9. The van der Waals surface area contributed by atoms with E-state index >= 15 is 0 Å². The van der Waals surface area contributed by atoms with Crippen LogP contribution in [0.5, 0.6) is 0 Å². The van der Waals surface area contributed by atoms with Crippen molar-refractivity contribution in [3.63, 3.8) is 0 Å². The third-order valence-corrected chi connectivity index (χ3v) is 6.00. The molecule has 0 saturated heterocycles. The van der Waals surface area contributed by atoms with Crippen LogP contribution < -0.4 is 4.72 Å². The number of hydrogen-bond donors (Lipinski definition) is 1. The zero-order chi connectivity index (χ0) is 17.9. The molecule has 24 heavy (non-hydrogen) atoms. The molecule has 1 N–H and O–H groups in total. The second-order valence-electron chi connectivity index (χ2n) is 4.74. The van der Waals surface area contributed by atoms with E-state index in [1.807, 2.05) is 0 Å². The summed E-state index contributed by atoms with van der Waals surface area (Å²) < 4.78 is 28.6. The second kappa shape index (κ2) is 7.64. The molecule has 0 aliphatic carbocycles. The molecule has 0 aliphatic rings. The molecule has 0 atom stereocenters. The maximum Gasteiger partial charge on any atom is 0.277 e. The molecular formula is C15H14Br2N2O4S. The van der Waals surface area contributed by atoms with Crippen molar-refractivity contribution in [1.29, 1.82) is 0 Å². The largest absolute Gasteiger partial charge is 0.280 e. The van der Waals surface area contributed by atoms with Gasteiger partial charge in [-0.1, -0.05) is 15.9 Å². The third kappa shape index (κ3) is 4.35. The van der Waals surface area contributed by atoms with Crippen LogP contribution in [0.1, 0.15) is 10.4 Å². The standard InChI is InChI=1S/C15H14Br2N2O4S/c1-19(23-2)15(20)10-3-6-12(7-4-10)18-24(21,22)14-9-11(16)5-8-13(14)17/h3-9,18H,1-2H3. The van der Waals surface area contributed by atoms with Crippen LogP contribution in [0.25, 0.3) is 0 Å². The first-order valence-electron chi connectivity index (χ1n) is 6.64. The molecule has 2 aromatic carbocycles. The normalized spacial score (nSPS) is 11.2. The van der Waals surface area contributed by atoms with Gasteiger partial charge in [-0.05, 0) is 58.4 Å². The van der Waals surface area contributed by atoms with Gasteiger partial charge in [-0.2, -0.15) is 0 Å². The first-order chi connectivity index (χ1) is 11.2. The monoisotopic (exact) mass is 476 g/mol. The van der Waals surface area contributed by atoms with E-state index in [9.17, 15) is 13.2 Å². The number of benzene rings is 2. The smallest absolute Gasteiger partial charge is 0.277 e. The highest BCUT2D eigenvalue weighted by molar-refractivity contribution is 9.11. The van der Waals surface area contributed by atoms with Gasteiger partial charge in [0.15, 0.2) is 0 Å². The van der Waals surface area contributed by atoms with Gasteiger partial charge < -0.3 is 0 Å². The van der Waals surface area contributed by atoms with E-state index < -0.39 is 10.0 Å². The first kappa shape index (κ1) is 18.9. The molecule has 2 rings (SSSR count). The summed E-state index contributed by atoms with van der Waals surface area (Å²) in [5.74, 6) is -0.332. The zero-order valence-corrected chi connectivity index (χ0v) is 16.8. The summed E-state index contributed by atoms with van der Waals surface area (Å²) in [6.07, 6.45) is 0. The van der Waals surface area contributed by atoms with Crippen LogP contribution in [0.2, 0.25) is 0 Å². The average molecular weight is 478 g/mol. The predicted octanol–water partition coefficient (Wildman–Crippen LogP) is 3.65. The van der Waals surface area contributed by atoms with Crippen LogP contribution in [-0.4, -0.2) is 33.5 Å². The molecule has 0 spiro atoms. The van der Waals surface area contributed by atoms with Gasteiger partial charge in [0.05, 0.1) is 7.11 Å². The van der Waals surface area contributed by atoms with E-state index in [0.29, 0.717) is 20.2 Å². The highest BCUT2D eigenvalue weighted by Crippen LogP contribution is 2.27. The topological polar surface area (TPSA) is 75.7 Å². The summed E-state index contributed by atoms with van der Waals surface area (Å²) in [5, 5.41) is 1.08. The van der Waals surface area contributed by atoms with Crippen molar-refractivity contribution in [3.05, 3.63) is 57.0 Å². The molecule has 9 heteroatoms. The van der Waals surface area contributed by atoms with E-state index in [4.69, 9.17) is 4.84 Å². The molecule has 128 valence electrons. The van der Waals surface area contributed by atoms with E-state index in [2.05, 4.69) is 36.6 Å². The van der Waals surface area contributed by atoms with Crippen molar-refractivity contribution in [2.24, 2.45) is 0 Å². The van der Waals surface area contributed by atoms with Crippen molar-refractivity contribution in [2.75, 3.05) is 18.9 Å². The van der Waals surface area contributed by atoms with Crippen LogP contribution in [0.4, 0.5) is 5.69 Å². The Morgan fingerprint density at radius 2 is 1.75 bits per heavy atom. The average Bonchev–Trinajstić information content (AvgIpc) is 2.56. The van der Waals surface area contributed by atoms with Crippen LogP contribution in [-0.2, 0) is 14.9 Å². The number of carbonyl (C=O) groups is 1. The third-order valence-electron chi connectivity index (χ3n) is 3.13. The van der Waals surface area contributed by atoms with E-state index in [1.165, 1.54) is 44.5 Å². The Bertz CT molecular complexity index is 854. The molecule has 6 nitrogen and oxygen atoms in total. The predicted molar refractivity (Wildman–Crippen MR) is 98.2 cm³/mol. The van der Waals surface area contributed by atoms with Gasteiger partial charge in [0.1, 0.15) is 4.90 Å². The van der Waals surface area contributed by atoms with Crippen molar-refractivity contribution in [2.45, 2.75) is 4.90 Å². The van der Waals surface area contributed by atoms with Gasteiger partial charge in [-0.15, -0.1) is 0 Å². The Kier molecular flexibility index (Phi) is 6.02. The molecule has 0 saturated carbocycles. The van der Waals surface area contributed by atoms with Crippen LogP contribution >= 0.6 is 31.9 Å². The molecule has 0 unspecified atom stereocenters. The fourth-order valence-electron chi connectivity index (χ4n) is 1.84. The number of nitrogens with zero attached hydrogens (tertiary/aromatic N) is 1. The molecule has 0 radical (unpaired) electrons. The molecule has 0 heterocycles. The molecule has 0 fully saturated rings. The number of rotatable bonds is 5. The Morgan fingerprint density at radius 1 is 1.12 bits per heavy atom. The number of carbonyl (C=O) groups excluding carboxylic acids is 1. The number of sulfonamides is 1. The number of anilines is 1. The van der Waals surface area contributed by atoms with Crippen LogP contribution in [0.3, 0.4) is 0 Å². The minimum absolute atomic E-state index is 0.108. The van der Waals surface area contributed by atoms with Crippen molar-refractivity contribution in [1.82, 2.24) is 5.06 Å². The number of nitrogens with one attached hydrogen (secondary N) is 1. The van der Waals surface area contributed by atoms with E-state index in [1.54, 1.807) is 12.1 Å². The summed E-state index contributed by atoms with van der Waals surface area (Å²) >= 11 is 6.48. The second-order valence-corrected chi connectivity index (χ2v) is 8.16. The highest BCUT2D eigenvalue weighted by atomic mass is 79.9. The van der Waals surface area contributed by atoms with E-state index in [0.717, 1.165) is 5.06 Å². The Labute approximate surface area is 157 Å². The molecular weight excluding hydrogens is 464 g/mol. The van der Waals surface area contributed by atoms with Gasteiger partial charge in [-0.25, -0.2) is 13.5 Å². The fourth-order valence-corrected chi connectivity index (χ4v) is 4.40. The van der Waals surface area contributed by atoms with Gasteiger partial charge in [0.2, 0.25) is 0 Å². The van der Waals surface area contributed by atoms with Gasteiger partial charge >= 0.3 is 0 Å². The summed E-state index contributed by atoms with van der Waals surface area (Å²) in [6.45, 7) is 0. The maximum atomic E-state index is 12.5. The Balaban J connectivity index is 2.24. The lowest BCUT2D eigenvalue weighted by atomic mass is 10.2. The lowest BCUT2D eigenvalue weighted by Gasteiger charge is -2.14. The van der Waals surface area contributed by atoms with Crippen molar-refractivity contribution < 1.29 is 18.0 Å². The number of halogens is 2. The molecule has 0 aliphatic heterocycles. The maximum absolute atomic E-state index is 12.5.